The number of benzene rings is 2. The van der Waals surface area contributed by atoms with Gasteiger partial charge in [-0.2, -0.15) is 11.8 Å². The molecule has 2 aromatic rings. The third-order valence-corrected chi connectivity index (χ3v) is 8.45. The number of nitrogens with zero attached hydrogens (tertiary/aromatic N) is 4. The average Bonchev–Trinajstić information content (AvgIpc) is 3.59. The fourth-order valence-electron chi connectivity index (χ4n) is 4.81. The van der Waals surface area contributed by atoms with Gasteiger partial charge in [0.15, 0.2) is 0 Å². The van der Waals surface area contributed by atoms with E-state index in [0.717, 1.165) is 23.5 Å². The number of likely N-dealkylation sites (N-methyl/N-ethyl adjacent to an activating group) is 1. The first kappa shape index (κ1) is 27.7. The van der Waals surface area contributed by atoms with E-state index < -0.39 is 17.1 Å². The van der Waals surface area contributed by atoms with Gasteiger partial charge in [-0.15, -0.1) is 0 Å². The predicted molar refractivity (Wildman–Crippen MR) is 145 cm³/mol. The van der Waals surface area contributed by atoms with Gasteiger partial charge >= 0.3 is 6.09 Å². The van der Waals surface area contributed by atoms with Crippen LogP contribution in [0.5, 0.6) is 5.75 Å². The normalized spacial score (nSPS) is 21.1. The van der Waals surface area contributed by atoms with Gasteiger partial charge in [0.25, 0.3) is 5.69 Å². The van der Waals surface area contributed by atoms with Crippen molar-refractivity contribution in [2.45, 2.75) is 42.5 Å². The average molecular weight is 543 g/mol. The second-order valence-corrected chi connectivity index (χ2v) is 11.1. The number of likely N-dealkylation sites (tertiary alicyclic amines) is 2. The minimum absolute atomic E-state index is 0.0235. The van der Waals surface area contributed by atoms with Crippen molar-refractivity contribution in [3.05, 3.63) is 69.8 Å². The van der Waals surface area contributed by atoms with Gasteiger partial charge in [-0.05, 0) is 62.3 Å². The van der Waals surface area contributed by atoms with Crippen molar-refractivity contribution < 1.29 is 24.0 Å². The van der Waals surface area contributed by atoms with Gasteiger partial charge in [-0.1, -0.05) is 12.1 Å². The number of hydrogen-bond donors (Lipinski definition) is 0. The molecule has 0 bridgehead atoms. The summed E-state index contributed by atoms with van der Waals surface area (Å²) < 4.78 is 10.8. The molecule has 4 rings (SSSR count). The Morgan fingerprint density at radius 1 is 1.08 bits per heavy atom. The highest BCUT2D eigenvalue weighted by molar-refractivity contribution is 7.99. The lowest BCUT2D eigenvalue weighted by Crippen LogP contribution is -2.48. The predicted octanol–water partition coefficient (Wildman–Crippen LogP) is 3.78. The molecule has 10 nitrogen and oxygen atoms in total. The number of methoxy groups -OCH3 is 1. The van der Waals surface area contributed by atoms with Crippen LogP contribution in [-0.4, -0.2) is 89.8 Å². The van der Waals surface area contributed by atoms with Crippen LogP contribution in [0.4, 0.5) is 10.5 Å². The number of carbonyl (C=O) groups excluding carboxylic acids is 2. The smallest absolute Gasteiger partial charge is 0.410 e. The summed E-state index contributed by atoms with van der Waals surface area (Å²) in [6.45, 7) is 1.72. The topological polar surface area (TPSA) is 105 Å². The van der Waals surface area contributed by atoms with Crippen LogP contribution in [0.1, 0.15) is 24.0 Å². The van der Waals surface area contributed by atoms with Crippen LogP contribution < -0.4 is 4.74 Å². The molecule has 0 radical (unpaired) electrons. The Kier molecular flexibility index (Phi) is 9.11. The zero-order valence-corrected chi connectivity index (χ0v) is 22.8. The van der Waals surface area contributed by atoms with E-state index in [9.17, 15) is 19.7 Å². The summed E-state index contributed by atoms with van der Waals surface area (Å²) in [6, 6.07) is 13.5. The maximum atomic E-state index is 13.6. The summed E-state index contributed by atoms with van der Waals surface area (Å²) >= 11 is 1.73. The molecule has 2 heterocycles. The summed E-state index contributed by atoms with van der Waals surface area (Å²) in [5, 5.41) is 11.0. The van der Waals surface area contributed by atoms with Gasteiger partial charge in [-0.25, -0.2) is 4.79 Å². The first-order valence-electron chi connectivity index (χ1n) is 12.6. The first-order chi connectivity index (χ1) is 18.2. The van der Waals surface area contributed by atoms with Crippen LogP contribution in [0.25, 0.3) is 0 Å². The summed E-state index contributed by atoms with van der Waals surface area (Å²) in [6.07, 6.45) is 0.929. The SMILES string of the molecule is COc1ccc(CS[C@H]2C[C@@H](C(=O)N3CC[C@H](N(C)C)C3)N(C(=O)OCc3ccc([N+](=O)[O-])cc3)C2)cc1. The highest BCUT2D eigenvalue weighted by atomic mass is 32.2. The summed E-state index contributed by atoms with van der Waals surface area (Å²) in [5.74, 6) is 1.52. The maximum Gasteiger partial charge on any atom is 0.410 e. The number of rotatable bonds is 9. The van der Waals surface area contributed by atoms with Gasteiger partial charge in [0, 0.05) is 48.8 Å². The molecule has 3 atom stereocenters. The highest BCUT2D eigenvalue weighted by Gasteiger charge is 2.43. The molecule has 38 heavy (non-hydrogen) atoms. The van der Waals surface area contributed by atoms with Gasteiger partial charge in [-0.3, -0.25) is 19.8 Å². The monoisotopic (exact) mass is 542 g/mol. The first-order valence-corrected chi connectivity index (χ1v) is 13.7. The molecule has 0 spiro atoms. The van der Waals surface area contributed by atoms with E-state index in [4.69, 9.17) is 9.47 Å². The van der Waals surface area contributed by atoms with Crippen molar-refractivity contribution in [1.82, 2.24) is 14.7 Å². The molecular weight excluding hydrogens is 508 g/mol. The zero-order chi connectivity index (χ0) is 27.2. The lowest BCUT2D eigenvalue weighted by Gasteiger charge is -2.27. The van der Waals surface area contributed by atoms with E-state index in [0.29, 0.717) is 37.7 Å². The largest absolute Gasteiger partial charge is 0.497 e. The fourth-order valence-corrected chi connectivity index (χ4v) is 6.01. The third kappa shape index (κ3) is 6.76. The maximum absolute atomic E-state index is 13.6. The van der Waals surface area contributed by atoms with E-state index in [-0.39, 0.29) is 23.5 Å². The van der Waals surface area contributed by atoms with Crippen LogP contribution >= 0.6 is 11.8 Å². The van der Waals surface area contributed by atoms with Crippen LogP contribution in [0.15, 0.2) is 48.5 Å². The van der Waals surface area contributed by atoms with Gasteiger partial charge < -0.3 is 19.3 Å². The number of thioether (sulfide) groups is 1. The van der Waals surface area contributed by atoms with Crippen LogP contribution in [0, 0.1) is 10.1 Å². The molecule has 2 aliphatic rings. The molecule has 0 aliphatic carbocycles. The standard InChI is InChI=1S/C27H34N4O6S/c1-28(2)22-12-13-29(15-22)26(32)25-14-24(38-18-20-6-10-23(36-3)11-7-20)16-30(25)27(33)37-17-19-4-8-21(9-5-19)31(34)35/h4-11,22,24-25H,12-18H2,1-3H3/t22-,24-,25-/m0/s1. The Morgan fingerprint density at radius 2 is 1.76 bits per heavy atom. The Labute approximate surface area is 227 Å². The second kappa shape index (κ2) is 12.5. The highest BCUT2D eigenvalue weighted by Crippen LogP contribution is 2.32. The summed E-state index contributed by atoms with van der Waals surface area (Å²) in [4.78, 5) is 42.7. The molecule has 204 valence electrons. The van der Waals surface area contributed by atoms with Crippen molar-refractivity contribution in [2.24, 2.45) is 0 Å². The molecule has 0 saturated carbocycles. The molecule has 2 saturated heterocycles. The second-order valence-electron chi connectivity index (χ2n) is 9.85. The van der Waals surface area contributed by atoms with Crippen LogP contribution in [0.3, 0.4) is 0 Å². The number of hydrogen-bond acceptors (Lipinski definition) is 8. The van der Waals surface area contributed by atoms with Crippen molar-refractivity contribution in [2.75, 3.05) is 40.8 Å². The molecule has 0 unspecified atom stereocenters. The Morgan fingerprint density at radius 3 is 2.37 bits per heavy atom. The van der Waals surface area contributed by atoms with Crippen molar-refractivity contribution in [1.29, 1.82) is 0 Å². The lowest BCUT2D eigenvalue weighted by atomic mass is 10.2. The summed E-state index contributed by atoms with van der Waals surface area (Å²) in [7, 11) is 5.67. The Balaban J connectivity index is 1.41. The van der Waals surface area contributed by atoms with E-state index in [2.05, 4.69) is 4.90 Å². The minimum atomic E-state index is -0.575. The molecule has 0 aromatic heterocycles. The fraction of sp³-hybridized carbons (Fsp3) is 0.481. The molecule has 0 N–H and O–H groups in total. The van der Waals surface area contributed by atoms with E-state index in [1.54, 1.807) is 35.9 Å². The van der Waals surface area contributed by atoms with E-state index >= 15 is 0 Å². The molecule has 2 aliphatic heterocycles. The van der Waals surface area contributed by atoms with Gasteiger partial charge in [0.05, 0.1) is 12.0 Å². The van der Waals surface area contributed by atoms with E-state index in [1.165, 1.54) is 12.1 Å². The number of ether oxygens (including phenoxy) is 2. The van der Waals surface area contributed by atoms with Crippen molar-refractivity contribution in [3.63, 3.8) is 0 Å². The summed E-state index contributed by atoms with van der Waals surface area (Å²) in [5.41, 5.74) is 1.76. The number of carbonyl (C=O) groups is 2. The molecule has 2 amide bonds. The van der Waals surface area contributed by atoms with E-state index in [1.807, 2.05) is 43.3 Å². The molecule has 11 heteroatoms. The quantitative estimate of drug-likeness (QED) is 0.348. The zero-order valence-electron chi connectivity index (χ0n) is 21.9. The van der Waals surface area contributed by atoms with Gasteiger partial charge in [0.2, 0.25) is 5.91 Å². The Hall–Kier alpha value is -3.31. The Bertz CT molecular complexity index is 1130. The van der Waals surface area contributed by atoms with Crippen molar-refractivity contribution >= 4 is 29.4 Å². The van der Waals surface area contributed by atoms with Crippen LogP contribution in [0.2, 0.25) is 0 Å². The minimum Gasteiger partial charge on any atom is -0.497 e. The molecular formula is C27H34N4O6S. The lowest BCUT2D eigenvalue weighted by molar-refractivity contribution is -0.384. The third-order valence-electron chi connectivity index (χ3n) is 7.14. The molecule has 2 aromatic carbocycles. The van der Waals surface area contributed by atoms with Gasteiger partial charge in [0.1, 0.15) is 18.4 Å². The van der Waals surface area contributed by atoms with Crippen LogP contribution in [-0.2, 0) is 21.9 Å². The van der Waals surface area contributed by atoms with Crippen molar-refractivity contribution in [3.8, 4) is 5.75 Å². The number of nitro benzene ring substituents is 1. The number of amides is 2. The number of nitro groups is 1. The molecule has 2 fully saturated rings. The number of non-ortho nitro benzene ring substituents is 1.